The van der Waals surface area contributed by atoms with Crippen LogP contribution < -0.4 is 5.32 Å². The lowest BCUT2D eigenvalue weighted by atomic mass is 10.1. The van der Waals surface area contributed by atoms with E-state index in [1.54, 1.807) is 19.2 Å². The number of aryl methyl sites for hydroxylation is 1. The Morgan fingerprint density at radius 1 is 1.32 bits per heavy atom. The molecule has 6 nitrogen and oxygen atoms in total. The van der Waals surface area contributed by atoms with Crippen molar-refractivity contribution in [3.05, 3.63) is 47.7 Å². The number of fused-ring (bicyclic) bond motifs is 1. The number of nitrogens with one attached hydrogen (secondary N) is 1. The van der Waals surface area contributed by atoms with Gasteiger partial charge in [0.05, 0.1) is 0 Å². The molecule has 3 heterocycles. The summed E-state index contributed by atoms with van der Waals surface area (Å²) in [6, 6.07) is 5.62. The fourth-order valence-electron chi connectivity index (χ4n) is 2.95. The van der Waals surface area contributed by atoms with Crippen LogP contribution in [0.2, 0.25) is 0 Å². The van der Waals surface area contributed by atoms with Gasteiger partial charge in [-0.05, 0) is 36.8 Å². The van der Waals surface area contributed by atoms with Crippen molar-refractivity contribution in [2.24, 2.45) is 5.92 Å². The van der Waals surface area contributed by atoms with Crippen LogP contribution in [0.4, 0.5) is 19.0 Å². The Morgan fingerprint density at radius 3 is 2.88 bits per heavy atom. The summed E-state index contributed by atoms with van der Waals surface area (Å²) in [5, 5.41) is 6.73. The number of halogens is 3. The number of pyridine rings is 1. The molecule has 9 heteroatoms. The Labute approximate surface area is 141 Å². The summed E-state index contributed by atoms with van der Waals surface area (Å²) in [6.07, 6.45) is 0.0167. The number of alkyl halides is 3. The van der Waals surface area contributed by atoms with Crippen LogP contribution in [0.15, 0.2) is 30.6 Å². The minimum Gasteiger partial charge on any atom is -0.370 e. The Morgan fingerprint density at radius 2 is 2.16 bits per heavy atom. The molecule has 0 radical (unpaired) electrons. The van der Waals surface area contributed by atoms with Gasteiger partial charge in [-0.3, -0.25) is 4.98 Å². The monoisotopic (exact) mass is 348 g/mol. The normalized spacial score (nSPS) is 20.0. The number of nitrogens with zero attached hydrogens (tertiary/aromatic N) is 5. The van der Waals surface area contributed by atoms with Crippen molar-refractivity contribution < 1.29 is 13.2 Å². The Hall–Kier alpha value is -2.71. The molecule has 0 spiro atoms. The first-order valence-corrected chi connectivity index (χ1v) is 7.87. The fourth-order valence-corrected chi connectivity index (χ4v) is 2.95. The standard InChI is InChI=1S/C16H15F3N6/c1-9-5-13(25-15(22-9)23-14(24-25)16(17,18)19)21-8-11-6-12(11)10-3-2-4-20-7-10/h2-5,7,11-12,21H,6,8H2,1H3/t11-,12-/m0/s1. The van der Waals surface area contributed by atoms with Gasteiger partial charge in [-0.1, -0.05) is 6.07 Å². The van der Waals surface area contributed by atoms with Gasteiger partial charge in [0.2, 0.25) is 0 Å². The highest BCUT2D eigenvalue weighted by atomic mass is 19.4. The van der Waals surface area contributed by atoms with Crippen LogP contribution in [-0.4, -0.2) is 31.1 Å². The van der Waals surface area contributed by atoms with Gasteiger partial charge in [0.15, 0.2) is 0 Å². The molecule has 1 aliphatic carbocycles. The molecule has 3 aromatic rings. The molecule has 0 bridgehead atoms. The maximum absolute atomic E-state index is 12.8. The Kier molecular flexibility index (Phi) is 3.59. The van der Waals surface area contributed by atoms with Crippen molar-refractivity contribution in [2.75, 3.05) is 11.9 Å². The number of anilines is 1. The van der Waals surface area contributed by atoms with Crippen molar-refractivity contribution in [3.8, 4) is 0 Å². The first-order valence-electron chi connectivity index (χ1n) is 7.87. The SMILES string of the molecule is Cc1cc(NC[C@@H]2C[C@H]2c2cccnc2)n2nc(C(F)(F)F)nc2n1. The van der Waals surface area contributed by atoms with E-state index in [0.29, 0.717) is 29.9 Å². The van der Waals surface area contributed by atoms with Crippen molar-refractivity contribution >= 4 is 11.6 Å². The average molecular weight is 348 g/mol. The summed E-state index contributed by atoms with van der Waals surface area (Å²) in [5.41, 5.74) is 1.77. The first kappa shape index (κ1) is 15.8. The van der Waals surface area contributed by atoms with Gasteiger partial charge < -0.3 is 5.32 Å². The molecule has 1 saturated carbocycles. The van der Waals surface area contributed by atoms with E-state index in [9.17, 15) is 13.2 Å². The summed E-state index contributed by atoms with van der Waals surface area (Å²) in [7, 11) is 0. The summed E-state index contributed by atoms with van der Waals surface area (Å²) in [4.78, 5) is 11.6. The van der Waals surface area contributed by atoms with Crippen molar-refractivity contribution in [1.82, 2.24) is 24.6 Å². The van der Waals surface area contributed by atoms with Crippen LogP contribution in [0.5, 0.6) is 0 Å². The molecule has 130 valence electrons. The molecule has 25 heavy (non-hydrogen) atoms. The third-order valence-electron chi connectivity index (χ3n) is 4.27. The van der Waals surface area contributed by atoms with E-state index in [1.165, 1.54) is 5.56 Å². The van der Waals surface area contributed by atoms with Gasteiger partial charge in [0, 0.05) is 30.7 Å². The second-order valence-electron chi connectivity index (χ2n) is 6.20. The van der Waals surface area contributed by atoms with E-state index in [-0.39, 0.29) is 5.78 Å². The molecule has 0 unspecified atom stereocenters. The summed E-state index contributed by atoms with van der Waals surface area (Å²) in [5.74, 6) is 0.0597. The number of hydrogen-bond donors (Lipinski definition) is 1. The number of aromatic nitrogens is 5. The molecule has 1 aliphatic rings. The quantitative estimate of drug-likeness (QED) is 0.785. The van der Waals surface area contributed by atoms with E-state index in [2.05, 4.69) is 25.4 Å². The molecular weight excluding hydrogens is 333 g/mol. The smallest absolute Gasteiger partial charge is 0.370 e. The van der Waals surface area contributed by atoms with Crippen LogP contribution in [0.1, 0.15) is 29.4 Å². The predicted molar refractivity (Wildman–Crippen MR) is 84.1 cm³/mol. The molecule has 0 aliphatic heterocycles. The van der Waals surface area contributed by atoms with Crippen LogP contribution in [-0.2, 0) is 6.18 Å². The van der Waals surface area contributed by atoms with E-state index in [0.717, 1.165) is 10.9 Å². The topological polar surface area (TPSA) is 68.0 Å². The molecule has 1 N–H and O–H groups in total. The second-order valence-corrected chi connectivity index (χ2v) is 6.20. The summed E-state index contributed by atoms with van der Waals surface area (Å²) in [6.45, 7) is 2.35. The molecule has 4 rings (SSSR count). The van der Waals surface area contributed by atoms with Crippen molar-refractivity contribution in [3.63, 3.8) is 0 Å². The summed E-state index contributed by atoms with van der Waals surface area (Å²) >= 11 is 0. The summed E-state index contributed by atoms with van der Waals surface area (Å²) < 4.78 is 39.6. The number of rotatable bonds is 4. The van der Waals surface area contributed by atoms with Gasteiger partial charge in [-0.15, -0.1) is 5.10 Å². The molecule has 0 saturated heterocycles. The van der Waals surface area contributed by atoms with Crippen LogP contribution in [0.3, 0.4) is 0 Å². The highest BCUT2D eigenvalue weighted by Crippen LogP contribution is 2.47. The molecule has 2 atom stereocenters. The van der Waals surface area contributed by atoms with Gasteiger partial charge in [0.25, 0.3) is 11.6 Å². The molecular formula is C16H15F3N6. The Balaban J connectivity index is 1.53. The third-order valence-corrected chi connectivity index (χ3v) is 4.27. The van der Waals surface area contributed by atoms with Gasteiger partial charge >= 0.3 is 6.18 Å². The second kappa shape index (κ2) is 5.68. The predicted octanol–water partition coefficient (Wildman–Crippen LogP) is 3.06. The van der Waals surface area contributed by atoms with E-state index in [4.69, 9.17) is 0 Å². The van der Waals surface area contributed by atoms with Crippen LogP contribution in [0.25, 0.3) is 5.78 Å². The lowest BCUT2D eigenvalue weighted by Crippen LogP contribution is -2.11. The molecule has 1 fully saturated rings. The lowest BCUT2D eigenvalue weighted by molar-refractivity contribution is -0.144. The zero-order valence-electron chi connectivity index (χ0n) is 13.3. The fraction of sp³-hybridized carbons (Fsp3) is 0.375. The lowest BCUT2D eigenvalue weighted by Gasteiger charge is -2.08. The van der Waals surface area contributed by atoms with Crippen LogP contribution >= 0.6 is 0 Å². The van der Waals surface area contributed by atoms with Gasteiger partial charge in [-0.25, -0.2) is 4.98 Å². The molecule has 0 aromatic carbocycles. The first-order chi connectivity index (χ1) is 11.9. The molecule has 0 amide bonds. The highest BCUT2D eigenvalue weighted by molar-refractivity contribution is 5.46. The average Bonchev–Trinajstić information content (AvgIpc) is 3.21. The minimum absolute atomic E-state index is 0.0607. The maximum atomic E-state index is 12.8. The van der Waals surface area contributed by atoms with Crippen molar-refractivity contribution in [2.45, 2.75) is 25.4 Å². The third kappa shape index (κ3) is 3.13. The molecule has 3 aromatic heterocycles. The Bertz CT molecular complexity index is 905. The number of hydrogen-bond acceptors (Lipinski definition) is 5. The van der Waals surface area contributed by atoms with E-state index >= 15 is 0 Å². The maximum Gasteiger partial charge on any atom is 0.453 e. The zero-order chi connectivity index (χ0) is 17.6. The van der Waals surface area contributed by atoms with E-state index in [1.807, 2.05) is 18.3 Å². The van der Waals surface area contributed by atoms with Crippen LogP contribution in [0, 0.1) is 12.8 Å². The van der Waals surface area contributed by atoms with Gasteiger partial charge in [-0.2, -0.15) is 22.7 Å². The minimum atomic E-state index is -4.60. The van der Waals surface area contributed by atoms with Gasteiger partial charge in [0.1, 0.15) is 5.82 Å². The van der Waals surface area contributed by atoms with E-state index < -0.39 is 12.0 Å². The largest absolute Gasteiger partial charge is 0.453 e. The van der Waals surface area contributed by atoms with Crippen molar-refractivity contribution in [1.29, 1.82) is 0 Å². The zero-order valence-corrected chi connectivity index (χ0v) is 13.3. The highest BCUT2D eigenvalue weighted by Gasteiger charge is 2.39.